The van der Waals surface area contributed by atoms with Gasteiger partial charge in [-0.15, -0.1) is 0 Å². The summed E-state index contributed by atoms with van der Waals surface area (Å²) >= 11 is 3.94. The van der Waals surface area contributed by atoms with Gasteiger partial charge in [0.2, 0.25) is 0 Å². The molecule has 0 aromatic heterocycles. The van der Waals surface area contributed by atoms with Gasteiger partial charge in [0.1, 0.15) is 6.10 Å². The Kier molecular flexibility index (Phi) is 9.38. The molecule has 1 unspecified atom stereocenters. The summed E-state index contributed by atoms with van der Waals surface area (Å²) in [6.45, 7) is 16.8. The van der Waals surface area contributed by atoms with Crippen molar-refractivity contribution in [2.24, 2.45) is 39.9 Å². The van der Waals surface area contributed by atoms with Gasteiger partial charge in [0, 0.05) is 36.0 Å². The van der Waals surface area contributed by atoms with Gasteiger partial charge in [-0.1, -0.05) is 55.8 Å². The van der Waals surface area contributed by atoms with Gasteiger partial charge in [0.15, 0.2) is 0 Å². The molecular weight excluding hydrogens is 622 g/mol. The zero-order valence-electron chi connectivity index (χ0n) is 27.9. The highest BCUT2D eigenvalue weighted by Crippen LogP contribution is 2.74. The number of hydrogen-bond donors (Lipinski definition) is 3. The lowest BCUT2D eigenvalue weighted by atomic mass is 9.36. The molecule has 4 saturated carbocycles. The van der Waals surface area contributed by atoms with E-state index in [9.17, 15) is 24.9 Å². The Hall–Kier alpha value is -1.22. The number of hydrogen-bond acceptors (Lipinski definition) is 6. The summed E-state index contributed by atoms with van der Waals surface area (Å²) < 4.78 is 6.00. The minimum absolute atomic E-state index is 0.0295. The molecule has 248 valence electrons. The lowest BCUT2D eigenvalue weighted by molar-refractivity contribution is -0.234. The average molecular weight is 679 g/mol. The predicted octanol–water partition coefficient (Wildman–Crippen LogP) is 6.50. The first-order valence-corrected chi connectivity index (χ1v) is 17.9. The molecule has 44 heavy (non-hydrogen) atoms. The first kappa shape index (κ1) is 34.1. The van der Waals surface area contributed by atoms with Crippen molar-refractivity contribution in [3.05, 3.63) is 23.3 Å². The molecule has 0 radical (unpaired) electrons. The lowest BCUT2D eigenvalue weighted by Crippen LogP contribution is -2.65. The number of carbonyl (C=O) groups excluding carboxylic acids is 1. The largest absolute Gasteiger partial charge is 0.478 e. The van der Waals surface area contributed by atoms with Crippen LogP contribution in [0.1, 0.15) is 106 Å². The van der Waals surface area contributed by atoms with E-state index in [2.05, 4.69) is 74.5 Å². The van der Waals surface area contributed by atoms with Crippen LogP contribution in [0.2, 0.25) is 0 Å². The van der Waals surface area contributed by atoms with Crippen molar-refractivity contribution >= 4 is 27.9 Å². The Bertz CT molecular complexity index is 1200. The average Bonchev–Trinajstić information content (AvgIpc) is 3.22. The summed E-state index contributed by atoms with van der Waals surface area (Å²) in [5.41, 5.74) is 0.191. The SMILES string of the molecule is CC(=O)O[C@H]1C[C@@]2(C)[C@@H](C[C@@H](O)[C@H]3[C@@]4(C)CC[C@H](O)[C@@H](C)[C@@H]4CC[C@@]32C)/C1=C(\CCC(Br)C(C)(C)N1CC=CCC1)C(=O)O. The van der Waals surface area contributed by atoms with Gasteiger partial charge in [-0.25, -0.2) is 4.79 Å². The van der Waals surface area contributed by atoms with Crippen molar-refractivity contribution in [1.82, 2.24) is 4.90 Å². The molecule has 0 spiro atoms. The summed E-state index contributed by atoms with van der Waals surface area (Å²) in [6, 6.07) is 0. The standard InChI is InChI=1S/C36H56BrNO6/c1-21-24-13-16-35(6)31(34(24,5)15-14-26(21)40)27(41)19-25-30(28(44-22(2)39)20-36(25,35)7)23(32(42)43)11-12-29(37)33(3,4)38-17-9-8-10-18-38/h8-9,21,24-29,31,40-41H,10-20H2,1-7H3,(H,42,43)/b30-23-/t21-,24-,25-,26-,27+,28-,29?,31-,34-,35-,36-/m0/s1. The third kappa shape index (κ3) is 5.35. The monoisotopic (exact) mass is 677 g/mol. The van der Waals surface area contributed by atoms with E-state index in [-0.39, 0.29) is 50.5 Å². The normalized spacial score (nSPS) is 44.3. The molecule has 4 aliphatic carbocycles. The van der Waals surface area contributed by atoms with Crippen LogP contribution in [-0.2, 0) is 14.3 Å². The minimum atomic E-state index is -0.952. The highest BCUT2D eigenvalue weighted by atomic mass is 79.9. The fraction of sp³-hybridized carbons (Fsp3) is 0.833. The Morgan fingerprint density at radius 1 is 1.11 bits per heavy atom. The molecule has 3 N–H and O–H groups in total. The van der Waals surface area contributed by atoms with Crippen molar-refractivity contribution in [2.75, 3.05) is 13.1 Å². The lowest BCUT2D eigenvalue weighted by Gasteiger charge is -2.69. The second kappa shape index (κ2) is 12.1. The molecule has 8 heteroatoms. The number of aliphatic hydroxyl groups is 2. The summed E-state index contributed by atoms with van der Waals surface area (Å²) in [5, 5.41) is 33.6. The third-order valence-corrected chi connectivity index (χ3v) is 15.5. The van der Waals surface area contributed by atoms with Crippen molar-refractivity contribution in [3.8, 4) is 0 Å². The molecule has 1 aliphatic heterocycles. The number of carboxylic acids is 1. The number of aliphatic carboxylic acids is 1. The second-order valence-corrected chi connectivity index (χ2v) is 17.3. The fourth-order valence-electron chi connectivity index (χ4n) is 11.3. The number of ether oxygens (including phenoxy) is 1. The van der Waals surface area contributed by atoms with Gasteiger partial charge in [-0.05, 0) is 117 Å². The molecule has 0 bridgehead atoms. The van der Waals surface area contributed by atoms with Gasteiger partial charge in [0.05, 0.1) is 12.2 Å². The number of aliphatic hydroxyl groups excluding tert-OH is 2. The van der Waals surface area contributed by atoms with E-state index in [0.717, 1.165) is 50.8 Å². The van der Waals surface area contributed by atoms with E-state index in [1.165, 1.54) is 6.92 Å². The van der Waals surface area contributed by atoms with E-state index >= 15 is 0 Å². The first-order valence-electron chi connectivity index (χ1n) is 17.0. The van der Waals surface area contributed by atoms with E-state index < -0.39 is 24.1 Å². The number of fused-ring (bicyclic) bond motifs is 5. The Morgan fingerprint density at radius 3 is 2.43 bits per heavy atom. The van der Waals surface area contributed by atoms with Gasteiger partial charge >= 0.3 is 11.9 Å². The number of rotatable bonds is 7. The molecule has 0 saturated heterocycles. The summed E-state index contributed by atoms with van der Waals surface area (Å²) in [6.07, 6.45) is 9.48. The Balaban J connectivity index is 1.51. The molecule has 5 rings (SSSR count). The smallest absolute Gasteiger partial charge is 0.331 e. The van der Waals surface area contributed by atoms with Crippen LogP contribution < -0.4 is 0 Å². The Labute approximate surface area is 273 Å². The maximum atomic E-state index is 13.1. The molecule has 0 aromatic rings. The highest BCUT2D eigenvalue weighted by Gasteiger charge is 2.70. The number of esters is 1. The van der Waals surface area contributed by atoms with Crippen molar-refractivity contribution < 1.29 is 29.6 Å². The topological polar surface area (TPSA) is 107 Å². The van der Waals surface area contributed by atoms with Crippen molar-refractivity contribution in [1.29, 1.82) is 0 Å². The van der Waals surface area contributed by atoms with Crippen molar-refractivity contribution in [2.45, 2.75) is 135 Å². The van der Waals surface area contributed by atoms with Crippen LogP contribution >= 0.6 is 15.9 Å². The van der Waals surface area contributed by atoms with Gasteiger partial charge < -0.3 is 20.1 Å². The molecule has 4 fully saturated rings. The number of nitrogens with zero attached hydrogens (tertiary/aromatic N) is 1. The molecule has 0 aromatic carbocycles. The van der Waals surface area contributed by atoms with E-state index in [4.69, 9.17) is 4.74 Å². The Morgan fingerprint density at radius 2 is 1.82 bits per heavy atom. The third-order valence-electron chi connectivity index (χ3n) is 13.9. The van der Waals surface area contributed by atoms with Gasteiger partial charge in [-0.3, -0.25) is 9.69 Å². The quantitative estimate of drug-likeness (QED) is 0.122. The molecular formula is C36H56BrNO6. The molecule has 1 heterocycles. The number of halogens is 1. The molecule has 11 atom stereocenters. The van der Waals surface area contributed by atoms with Crippen LogP contribution in [0.5, 0.6) is 0 Å². The van der Waals surface area contributed by atoms with E-state index in [1.807, 2.05) is 0 Å². The van der Waals surface area contributed by atoms with E-state index in [0.29, 0.717) is 37.2 Å². The first-order chi connectivity index (χ1) is 20.5. The second-order valence-electron chi connectivity index (χ2n) is 16.2. The maximum absolute atomic E-state index is 13.1. The molecule has 7 nitrogen and oxygen atoms in total. The molecule has 5 aliphatic rings. The number of carbonyl (C=O) groups is 2. The van der Waals surface area contributed by atoms with Crippen LogP contribution in [-0.4, -0.2) is 73.9 Å². The van der Waals surface area contributed by atoms with Crippen LogP contribution in [0.15, 0.2) is 23.3 Å². The number of carboxylic acid groups (broad SMARTS) is 1. The van der Waals surface area contributed by atoms with Crippen LogP contribution in [0.25, 0.3) is 0 Å². The van der Waals surface area contributed by atoms with Crippen molar-refractivity contribution in [3.63, 3.8) is 0 Å². The fourth-order valence-corrected chi connectivity index (χ4v) is 11.8. The van der Waals surface area contributed by atoms with Crippen LogP contribution in [0.3, 0.4) is 0 Å². The number of alkyl halides is 1. The summed E-state index contributed by atoms with van der Waals surface area (Å²) in [5.74, 6) is -0.983. The minimum Gasteiger partial charge on any atom is -0.478 e. The summed E-state index contributed by atoms with van der Waals surface area (Å²) in [4.78, 5) is 28.1. The predicted molar refractivity (Wildman–Crippen MR) is 175 cm³/mol. The molecule has 0 amide bonds. The van der Waals surface area contributed by atoms with Gasteiger partial charge in [-0.2, -0.15) is 0 Å². The van der Waals surface area contributed by atoms with E-state index in [1.54, 1.807) is 0 Å². The van der Waals surface area contributed by atoms with Gasteiger partial charge in [0.25, 0.3) is 0 Å². The maximum Gasteiger partial charge on any atom is 0.331 e. The summed E-state index contributed by atoms with van der Waals surface area (Å²) in [7, 11) is 0. The zero-order chi connectivity index (χ0) is 32.4. The zero-order valence-corrected chi connectivity index (χ0v) is 29.5. The highest BCUT2D eigenvalue weighted by molar-refractivity contribution is 9.09. The van der Waals surface area contributed by atoms with Crippen LogP contribution in [0.4, 0.5) is 0 Å². The van der Waals surface area contributed by atoms with Crippen LogP contribution in [0, 0.1) is 39.9 Å².